The van der Waals surface area contributed by atoms with Gasteiger partial charge >= 0.3 is 5.97 Å². The zero-order valence-electron chi connectivity index (χ0n) is 41.0. The van der Waals surface area contributed by atoms with Crippen LogP contribution in [0.5, 0.6) is 0 Å². The van der Waals surface area contributed by atoms with Crippen LogP contribution in [0.4, 0.5) is 5.69 Å². The summed E-state index contributed by atoms with van der Waals surface area (Å²) in [6.45, 7) is 11.4. The Bertz CT molecular complexity index is 2080. The van der Waals surface area contributed by atoms with Gasteiger partial charge in [-0.05, 0) is 120 Å². The molecule has 14 nitrogen and oxygen atoms in total. The largest absolute Gasteiger partial charge is 0.456 e. The molecule has 2 bridgehead atoms. The Morgan fingerprint density at radius 2 is 1.65 bits per heavy atom. The van der Waals surface area contributed by atoms with Crippen molar-refractivity contribution in [1.29, 1.82) is 0 Å². The normalized spacial score (nSPS) is 37.1. The fourth-order valence-corrected chi connectivity index (χ4v) is 11.2. The molecule has 4 aliphatic rings. The Labute approximate surface area is 391 Å². The standard InChI is InChI=1S/C52H77N3O11/c1-11-36-23-30(2)22-31(3)24-45(63-9)48-46(64-10)26-33(5)52(61,66-48)49(58)50(59)55-20-13-12-14-41(55)51(60)65-47(34(6)42(56)29-43(36)57)32(4)25-35-15-17-39(44(27-35)62-8)53-38-16-18-40-37(28-38)19-21-54(40)7/h16,18-19,21,23,25,28,31,33-36,39,41-42,44-48,53,56,61H,11-15,17,20,22,24,26-27,29H2,1-10H3/b30-23+,32-25?. The summed E-state index contributed by atoms with van der Waals surface area (Å²) < 4.78 is 32.7. The molecule has 66 heavy (non-hydrogen) atoms. The molecule has 366 valence electrons. The molecule has 1 saturated carbocycles. The maximum atomic E-state index is 14.6. The van der Waals surface area contributed by atoms with Crippen molar-refractivity contribution in [2.24, 2.45) is 36.6 Å². The van der Waals surface area contributed by atoms with Crippen LogP contribution in [0.15, 0.2) is 53.8 Å². The van der Waals surface area contributed by atoms with E-state index in [9.17, 15) is 29.4 Å². The lowest BCUT2D eigenvalue weighted by Crippen LogP contribution is -2.64. The average molecular weight is 920 g/mol. The third-order valence-electron chi connectivity index (χ3n) is 15.2. The van der Waals surface area contributed by atoms with Crippen molar-refractivity contribution in [3.8, 4) is 0 Å². The van der Waals surface area contributed by atoms with E-state index in [1.165, 1.54) is 4.90 Å². The number of carbonyl (C=O) groups excluding carboxylic acids is 4. The lowest BCUT2D eigenvalue weighted by atomic mass is 9.80. The van der Waals surface area contributed by atoms with E-state index >= 15 is 0 Å². The molecule has 1 aromatic carbocycles. The Kier molecular flexibility index (Phi) is 17.5. The number of piperidine rings is 1. The number of methoxy groups -OCH3 is 3. The summed E-state index contributed by atoms with van der Waals surface area (Å²) in [6.07, 6.45) is 7.34. The maximum absolute atomic E-state index is 14.6. The molecule has 0 spiro atoms. The number of amides is 1. The average Bonchev–Trinajstić information content (AvgIpc) is 3.68. The predicted octanol–water partition coefficient (Wildman–Crippen LogP) is 7.08. The van der Waals surface area contributed by atoms with Gasteiger partial charge < -0.3 is 48.7 Å². The second-order valence-corrected chi connectivity index (χ2v) is 20.0. The van der Waals surface area contributed by atoms with Crippen molar-refractivity contribution < 1.29 is 53.1 Å². The van der Waals surface area contributed by atoms with Crippen LogP contribution in [-0.4, -0.2) is 125 Å². The van der Waals surface area contributed by atoms with Crippen LogP contribution >= 0.6 is 0 Å². The van der Waals surface area contributed by atoms with E-state index in [0.29, 0.717) is 44.1 Å². The number of anilines is 1. The third kappa shape index (κ3) is 11.5. The van der Waals surface area contributed by atoms with Gasteiger partial charge in [-0.3, -0.25) is 14.4 Å². The van der Waals surface area contributed by atoms with Crippen LogP contribution in [-0.2, 0) is 49.9 Å². The number of esters is 1. The molecule has 0 radical (unpaired) electrons. The van der Waals surface area contributed by atoms with Crippen LogP contribution in [0.3, 0.4) is 0 Å². The number of hydrogen-bond acceptors (Lipinski definition) is 12. The predicted molar refractivity (Wildman–Crippen MR) is 252 cm³/mol. The number of ketones is 2. The first-order valence-electron chi connectivity index (χ1n) is 24.3. The summed E-state index contributed by atoms with van der Waals surface area (Å²) in [5.74, 6) is -7.38. The molecule has 4 heterocycles. The van der Waals surface area contributed by atoms with Crippen LogP contribution in [0.1, 0.15) is 112 Å². The summed E-state index contributed by atoms with van der Waals surface area (Å²) >= 11 is 0. The number of aromatic nitrogens is 1. The van der Waals surface area contributed by atoms with Gasteiger partial charge in [0.2, 0.25) is 5.79 Å². The van der Waals surface area contributed by atoms with Crippen molar-refractivity contribution in [3.63, 3.8) is 0 Å². The Morgan fingerprint density at radius 1 is 0.939 bits per heavy atom. The van der Waals surface area contributed by atoms with Crippen LogP contribution in [0.25, 0.3) is 10.9 Å². The highest BCUT2D eigenvalue weighted by Crippen LogP contribution is 2.39. The molecular weight excluding hydrogens is 843 g/mol. The van der Waals surface area contributed by atoms with Gasteiger partial charge in [0.25, 0.3) is 11.7 Å². The second kappa shape index (κ2) is 22.5. The van der Waals surface area contributed by atoms with Gasteiger partial charge in [-0.1, -0.05) is 45.4 Å². The van der Waals surface area contributed by atoms with E-state index in [-0.39, 0.29) is 55.6 Å². The number of allylic oxidation sites excluding steroid dienone is 3. The monoisotopic (exact) mass is 920 g/mol. The number of nitrogens with zero attached hydrogens (tertiary/aromatic N) is 2. The highest BCUT2D eigenvalue weighted by Gasteiger charge is 2.56. The lowest BCUT2D eigenvalue weighted by molar-refractivity contribution is -0.302. The number of rotatable bonds is 8. The third-order valence-corrected chi connectivity index (χ3v) is 15.2. The number of fused-ring (bicyclic) bond motifs is 4. The number of carbonyl (C=O) groups is 4. The zero-order chi connectivity index (χ0) is 48.0. The number of aliphatic hydroxyl groups excluding tert-OH is 1. The topological polar surface area (TPSA) is 175 Å². The SMILES string of the molecule is CCC1/C=C(\C)CC(C)CC(OC)C2OC(O)(C(=O)C(=O)N3CCCCC3C(=O)OC(C(C)=CC3CCC(Nc4ccc5c(ccn5C)c4)C(OC)C3)C(C)C(O)CC1=O)C(C)CC2OC. The maximum Gasteiger partial charge on any atom is 0.329 e. The summed E-state index contributed by atoms with van der Waals surface area (Å²) in [5, 5.41) is 28.9. The van der Waals surface area contributed by atoms with Crippen LogP contribution in [0, 0.1) is 29.6 Å². The number of cyclic esters (lactones) is 1. The van der Waals surface area contributed by atoms with E-state index in [0.717, 1.165) is 35.0 Å². The number of hydrogen-bond donors (Lipinski definition) is 3. The molecule has 1 aliphatic carbocycles. The van der Waals surface area contributed by atoms with Gasteiger partial charge in [0, 0.05) is 81.9 Å². The minimum absolute atomic E-state index is 0.0345. The van der Waals surface area contributed by atoms with Crippen molar-refractivity contribution in [2.45, 2.75) is 167 Å². The van der Waals surface area contributed by atoms with E-state index in [1.54, 1.807) is 35.2 Å². The molecule has 2 saturated heterocycles. The highest BCUT2D eigenvalue weighted by atomic mass is 16.7. The molecule has 3 N–H and O–H groups in total. The summed E-state index contributed by atoms with van der Waals surface area (Å²) in [4.78, 5) is 58.5. The molecule has 3 fully saturated rings. The highest BCUT2D eigenvalue weighted by molar-refractivity contribution is 6.39. The van der Waals surface area contributed by atoms with Gasteiger partial charge in [-0.25, -0.2) is 4.79 Å². The van der Waals surface area contributed by atoms with Crippen molar-refractivity contribution >= 4 is 40.0 Å². The first kappa shape index (κ1) is 51.5. The van der Waals surface area contributed by atoms with Crippen molar-refractivity contribution in [3.05, 3.63) is 53.8 Å². The molecule has 1 aromatic heterocycles. The number of benzene rings is 1. The molecule has 2 aromatic rings. The fraction of sp³-hybridized carbons (Fsp3) is 0.692. The summed E-state index contributed by atoms with van der Waals surface area (Å²) in [5.41, 5.74) is 3.90. The second-order valence-electron chi connectivity index (χ2n) is 20.0. The number of aryl methyl sites for hydroxylation is 1. The van der Waals surface area contributed by atoms with E-state index in [2.05, 4.69) is 47.1 Å². The van der Waals surface area contributed by atoms with Crippen LogP contribution < -0.4 is 5.32 Å². The molecule has 14 heteroatoms. The van der Waals surface area contributed by atoms with Gasteiger partial charge in [0.15, 0.2) is 0 Å². The van der Waals surface area contributed by atoms with Crippen molar-refractivity contribution in [2.75, 3.05) is 33.2 Å². The van der Waals surface area contributed by atoms with Crippen molar-refractivity contribution in [1.82, 2.24) is 9.47 Å². The Morgan fingerprint density at radius 3 is 2.35 bits per heavy atom. The summed E-state index contributed by atoms with van der Waals surface area (Å²) in [6, 6.07) is 7.39. The van der Waals surface area contributed by atoms with Gasteiger partial charge in [0.1, 0.15) is 24.0 Å². The molecule has 3 aliphatic heterocycles. The first-order chi connectivity index (χ1) is 31.4. The Hall–Kier alpha value is -3.92. The van der Waals surface area contributed by atoms with E-state index in [4.69, 9.17) is 23.7 Å². The minimum Gasteiger partial charge on any atom is -0.456 e. The molecule has 14 atom stereocenters. The van der Waals surface area contributed by atoms with E-state index in [1.807, 2.05) is 40.1 Å². The lowest BCUT2D eigenvalue weighted by Gasteiger charge is -2.47. The Balaban J connectivity index is 1.30. The quantitative estimate of drug-likeness (QED) is 0.140. The van der Waals surface area contributed by atoms with Crippen LogP contribution in [0.2, 0.25) is 0 Å². The molecule has 1 amide bonds. The number of Topliss-reactive ketones (excluding diaryl/α,β-unsaturated/α-hetero) is 2. The summed E-state index contributed by atoms with van der Waals surface area (Å²) in [7, 11) is 6.84. The number of ether oxygens (including phenoxy) is 5. The minimum atomic E-state index is -2.50. The van der Waals surface area contributed by atoms with Gasteiger partial charge in [0.05, 0.1) is 30.5 Å². The number of nitrogens with one attached hydrogen (secondary N) is 1. The number of aliphatic hydroxyl groups is 2. The molecule has 14 unspecified atom stereocenters. The fourth-order valence-electron chi connectivity index (χ4n) is 11.2. The zero-order valence-corrected chi connectivity index (χ0v) is 41.0. The first-order valence-corrected chi connectivity index (χ1v) is 24.3. The van der Waals surface area contributed by atoms with Gasteiger partial charge in [-0.15, -0.1) is 0 Å². The molecular formula is C52H77N3O11. The molecule has 6 rings (SSSR count). The van der Waals surface area contributed by atoms with E-state index < -0.39 is 77.8 Å². The van der Waals surface area contributed by atoms with Gasteiger partial charge in [-0.2, -0.15) is 0 Å². The smallest absolute Gasteiger partial charge is 0.329 e.